The molecule has 1 aliphatic heterocycles. The predicted octanol–water partition coefficient (Wildman–Crippen LogP) is 6.70. The fourth-order valence-corrected chi connectivity index (χ4v) is 2.46. The van der Waals surface area contributed by atoms with Gasteiger partial charge in [-0.2, -0.15) is 53.1 Å². The van der Waals surface area contributed by atoms with Gasteiger partial charge in [-0.3, -0.25) is 0 Å². The predicted molar refractivity (Wildman–Crippen MR) is 114 cm³/mol. The molecule has 0 radical (unpaired) electrons. The van der Waals surface area contributed by atoms with E-state index in [0.29, 0.717) is 0 Å². The van der Waals surface area contributed by atoms with Gasteiger partial charge in [-0.05, 0) is 12.8 Å². The number of hydrogen-bond acceptors (Lipinski definition) is 1. The Hall–Kier alpha value is -0.886. The summed E-state index contributed by atoms with van der Waals surface area (Å²) in [5.41, 5.74) is 4.29. The van der Waals surface area contributed by atoms with Crippen LogP contribution in [0.5, 0.6) is 0 Å². The van der Waals surface area contributed by atoms with Crippen LogP contribution in [0.4, 0.5) is 0 Å². The number of ether oxygens (including phenoxy) is 1. The third-order valence-corrected chi connectivity index (χ3v) is 4.25. The Bertz CT molecular complexity index is 498. The van der Waals surface area contributed by atoms with Gasteiger partial charge in [0.2, 0.25) is 0 Å². The molecule has 0 atom stereocenters. The number of hydrogen-bond donors (Lipinski definition) is 0. The van der Waals surface area contributed by atoms with E-state index in [1.807, 2.05) is 0 Å². The minimum Gasteiger partial charge on any atom is -0.381 e. The van der Waals surface area contributed by atoms with Gasteiger partial charge in [0.1, 0.15) is 0 Å². The SMILES string of the molecule is C1CCOC1.CC[c-]1cccc1.CC[c-]1cccc1.CC[c-]1cccc1.[Y+3]. The molecule has 0 bridgehead atoms. The molecule has 0 amide bonds. The largest absolute Gasteiger partial charge is 3.00 e. The van der Waals surface area contributed by atoms with Crippen molar-refractivity contribution in [1.82, 2.24) is 0 Å². The fraction of sp³-hybridized carbons (Fsp3) is 0.400. The third-order valence-electron chi connectivity index (χ3n) is 4.25. The van der Waals surface area contributed by atoms with Gasteiger partial charge in [0.25, 0.3) is 0 Å². The second-order valence-corrected chi connectivity index (χ2v) is 6.26. The minimum absolute atomic E-state index is 0. The molecule has 1 heterocycles. The van der Waals surface area contributed by atoms with E-state index in [-0.39, 0.29) is 32.7 Å². The molecule has 3 aromatic carbocycles. The third kappa shape index (κ3) is 13.9. The molecule has 27 heavy (non-hydrogen) atoms. The summed E-state index contributed by atoms with van der Waals surface area (Å²) in [6, 6.07) is 25.2. The first kappa shape index (κ1) is 26.1. The zero-order valence-electron chi connectivity index (χ0n) is 17.4. The maximum Gasteiger partial charge on any atom is 3.00 e. The first-order valence-electron chi connectivity index (χ1n) is 9.99. The molecule has 4 rings (SSSR count). The zero-order valence-corrected chi connectivity index (χ0v) is 20.2. The minimum atomic E-state index is 0. The van der Waals surface area contributed by atoms with Crippen molar-refractivity contribution in [1.29, 1.82) is 0 Å². The van der Waals surface area contributed by atoms with Crippen molar-refractivity contribution >= 4 is 0 Å². The molecule has 0 aromatic heterocycles. The fourth-order valence-electron chi connectivity index (χ4n) is 2.46. The Morgan fingerprint density at radius 3 is 0.926 bits per heavy atom. The van der Waals surface area contributed by atoms with Gasteiger partial charge < -0.3 is 4.74 Å². The van der Waals surface area contributed by atoms with Crippen LogP contribution in [0.2, 0.25) is 0 Å². The van der Waals surface area contributed by atoms with Gasteiger partial charge in [-0.25, -0.2) is 36.4 Å². The van der Waals surface area contributed by atoms with Crippen LogP contribution in [0.3, 0.4) is 0 Å². The molecule has 0 unspecified atom stereocenters. The number of rotatable bonds is 3. The molecular formula is C25H35OY. The van der Waals surface area contributed by atoms with Crippen molar-refractivity contribution in [2.24, 2.45) is 0 Å². The maximum atomic E-state index is 4.94. The van der Waals surface area contributed by atoms with Crippen LogP contribution in [0.25, 0.3) is 0 Å². The Kier molecular flexibility index (Phi) is 17.9. The summed E-state index contributed by atoms with van der Waals surface area (Å²) >= 11 is 0. The molecule has 0 saturated carbocycles. The topological polar surface area (TPSA) is 9.23 Å². The Labute approximate surface area is 192 Å². The summed E-state index contributed by atoms with van der Waals surface area (Å²) in [5, 5.41) is 0. The van der Waals surface area contributed by atoms with E-state index in [1.54, 1.807) is 0 Å². The van der Waals surface area contributed by atoms with Crippen LogP contribution >= 0.6 is 0 Å². The van der Waals surface area contributed by atoms with E-state index in [2.05, 4.69) is 93.6 Å². The van der Waals surface area contributed by atoms with Crippen molar-refractivity contribution in [3.8, 4) is 0 Å². The molecule has 1 saturated heterocycles. The molecular weight excluding hydrogens is 405 g/mol. The van der Waals surface area contributed by atoms with E-state index in [0.717, 1.165) is 32.5 Å². The monoisotopic (exact) mass is 440 g/mol. The van der Waals surface area contributed by atoms with Crippen molar-refractivity contribution in [3.63, 3.8) is 0 Å². The van der Waals surface area contributed by atoms with Crippen LogP contribution in [0.15, 0.2) is 72.8 Å². The van der Waals surface area contributed by atoms with Crippen LogP contribution in [-0.4, -0.2) is 13.2 Å². The van der Waals surface area contributed by atoms with E-state index < -0.39 is 0 Å². The van der Waals surface area contributed by atoms with Gasteiger partial charge >= 0.3 is 32.7 Å². The molecule has 1 fully saturated rings. The second-order valence-electron chi connectivity index (χ2n) is 6.26. The Morgan fingerprint density at radius 1 is 0.556 bits per heavy atom. The average Bonchev–Trinajstić information content (AvgIpc) is 3.51. The Balaban J connectivity index is 0.000000332. The van der Waals surface area contributed by atoms with E-state index >= 15 is 0 Å². The molecule has 3 aromatic rings. The van der Waals surface area contributed by atoms with Gasteiger partial charge in [0, 0.05) is 13.2 Å². The zero-order chi connectivity index (χ0) is 18.9. The normalized spacial score (nSPS) is 11.7. The summed E-state index contributed by atoms with van der Waals surface area (Å²) in [7, 11) is 0. The summed E-state index contributed by atoms with van der Waals surface area (Å²) in [4.78, 5) is 0. The molecule has 144 valence electrons. The summed E-state index contributed by atoms with van der Waals surface area (Å²) < 4.78 is 4.94. The maximum absolute atomic E-state index is 4.94. The van der Waals surface area contributed by atoms with Crippen molar-refractivity contribution in [3.05, 3.63) is 89.5 Å². The summed E-state index contributed by atoms with van der Waals surface area (Å²) in [6.07, 6.45) is 6.03. The van der Waals surface area contributed by atoms with Crippen molar-refractivity contribution in [2.45, 2.75) is 52.9 Å². The van der Waals surface area contributed by atoms with Gasteiger partial charge in [-0.1, -0.05) is 40.0 Å². The smallest absolute Gasteiger partial charge is 0.381 e. The van der Waals surface area contributed by atoms with Gasteiger partial charge in [-0.15, -0.1) is 0 Å². The van der Waals surface area contributed by atoms with Crippen molar-refractivity contribution in [2.75, 3.05) is 13.2 Å². The standard InChI is InChI=1S/3C7H9.C4H8O.Y/c3*1-2-7-5-3-4-6-7;1-2-4-5-3-1;/h3*3-6H,2H2,1H3;1-4H2;/q3*-1;;+3. The number of aryl methyl sites for hydroxylation is 3. The summed E-state index contributed by atoms with van der Waals surface area (Å²) in [6.45, 7) is 8.49. The second kappa shape index (κ2) is 18.5. The van der Waals surface area contributed by atoms with Crippen LogP contribution in [-0.2, 0) is 56.7 Å². The first-order valence-corrected chi connectivity index (χ1v) is 9.99. The molecule has 2 heteroatoms. The first-order chi connectivity index (χ1) is 12.8. The van der Waals surface area contributed by atoms with Crippen LogP contribution in [0, 0.1) is 0 Å². The van der Waals surface area contributed by atoms with E-state index in [9.17, 15) is 0 Å². The van der Waals surface area contributed by atoms with E-state index in [1.165, 1.54) is 29.5 Å². The summed E-state index contributed by atoms with van der Waals surface area (Å²) in [5.74, 6) is 0. The van der Waals surface area contributed by atoms with Gasteiger partial charge in [0.05, 0.1) is 0 Å². The van der Waals surface area contributed by atoms with E-state index in [4.69, 9.17) is 4.74 Å². The molecule has 1 nitrogen and oxygen atoms in total. The molecule has 0 aliphatic carbocycles. The van der Waals surface area contributed by atoms with Crippen LogP contribution in [0.1, 0.15) is 50.3 Å². The quantitative estimate of drug-likeness (QED) is 0.412. The Morgan fingerprint density at radius 2 is 0.815 bits per heavy atom. The molecule has 1 aliphatic rings. The molecule has 0 N–H and O–H groups in total. The average molecular weight is 440 g/mol. The van der Waals surface area contributed by atoms with Crippen LogP contribution < -0.4 is 0 Å². The van der Waals surface area contributed by atoms with Crippen molar-refractivity contribution < 1.29 is 37.4 Å². The molecule has 0 spiro atoms. The van der Waals surface area contributed by atoms with Gasteiger partial charge in [0.15, 0.2) is 0 Å².